The Morgan fingerprint density at radius 1 is 1.22 bits per heavy atom. The first kappa shape index (κ1) is 20.0. The van der Waals surface area contributed by atoms with Crippen LogP contribution in [0.1, 0.15) is 30.8 Å². The van der Waals surface area contributed by atoms with Crippen LogP contribution in [-0.4, -0.2) is 31.5 Å². The van der Waals surface area contributed by atoms with E-state index in [0.29, 0.717) is 17.9 Å². The maximum absolute atomic E-state index is 12.5. The highest BCUT2D eigenvalue weighted by Crippen LogP contribution is 2.30. The standard InChI is InChI=1S/C20H23N3O4/c1-13(2)12-15(19(24)22-11-10-21)23-20(25)18-9-8-17(27-18)14-6-4-5-7-16(14)26-3/h4-9,13,15H,11-12H2,1-3H3,(H,22,24)(H,23,25)/t15-/m0/s1. The topological polar surface area (TPSA) is 104 Å². The van der Waals surface area contributed by atoms with Crippen LogP contribution in [-0.2, 0) is 4.79 Å². The fourth-order valence-corrected chi connectivity index (χ4v) is 2.64. The monoisotopic (exact) mass is 369 g/mol. The lowest BCUT2D eigenvalue weighted by atomic mass is 10.0. The van der Waals surface area contributed by atoms with Crippen molar-refractivity contribution in [3.05, 3.63) is 42.2 Å². The Morgan fingerprint density at radius 2 is 1.96 bits per heavy atom. The number of hydrogen-bond acceptors (Lipinski definition) is 5. The van der Waals surface area contributed by atoms with Gasteiger partial charge in [0.1, 0.15) is 24.1 Å². The number of benzene rings is 1. The van der Waals surface area contributed by atoms with Gasteiger partial charge in [0.15, 0.2) is 5.76 Å². The molecule has 0 saturated carbocycles. The lowest BCUT2D eigenvalue weighted by molar-refractivity contribution is -0.123. The molecule has 142 valence electrons. The van der Waals surface area contributed by atoms with Gasteiger partial charge in [0.25, 0.3) is 5.91 Å². The van der Waals surface area contributed by atoms with E-state index in [4.69, 9.17) is 14.4 Å². The molecule has 1 aromatic carbocycles. The highest BCUT2D eigenvalue weighted by Gasteiger charge is 2.24. The largest absolute Gasteiger partial charge is 0.496 e. The van der Waals surface area contributed by atoms with Crippen molar-refractivity contribution in [2.75, 3.05) is 13.7 Å². The molecule has 1 heterocycles. The van der Waals surface area contributed by atoms with Gasteiger partial charge in [0.05, 0.1) is 18.7 Å². The van der Waals surface area contributed by atoms with Gasteiger partial charge in [-0.2, -0.15) is 5.26 Å². The molecule has 0 aliphatic carbocycles. The fourth-order valence-electron chi connectivity index (χ4n) is 2.64. The van der Waals surface area contributed by atoms with E-state index in [2.05, 4.69) is 10.6 Å². The molecule has 2 amide bonds. The summed E-state index contributed by atoms with van der Waals surface area (Å²) in [5, 5.41) is 13.8. The van der Waals surface area contributed by atoms with Gasteiger partial charge >= 0.3 is 0 Å². The van der Waals surface area contributed by atoms with Crippen LogP contribution >= 0.6 is 0 Å². The van der Waals surface area contributed by atoms with E-state index < -0.39 is 17.9 Å². The van der Waals surface area contributed by atoms with Crippen LogP contribution in [0.2, 0.25) is 0 Å². The summed E-state index contributed by atoms with van der Waals surface area (Å²) in [7, 11) is 1.56. The predicted octanol–water partition coefficient (Wildman–Crippen LogP) is 2.74. The lowest BCUT2D eigenvalue weighted by Gasteiger charge is -2.18. The van der Waals surface area contributed by atoms with E-state index in [9.17, 15) is 9.59 Å². The number of nitrogens with zero attached hydrogens (tertiary/aromatic N) is 1. The number of furan rings is 1. The number of amides is 2. The Morgan fingerprint density at radius 3 is 2.63 bits per heavy atom. The predicted molar refractivity (Wildman–Crippen MR) is 100 cm³/mol. The zero-order chi connectivity index (χ0) is 19.8. The maximum atomic E-state index is 12.5. The minimum absolute atomic E-state index is 0.0951. The molecule has 0 fully saturated rings. The Labute approximate surface area is 158 Å². The number of methoxy groups -OCH3 is 1. The molecule has 27 heavy (non-hydrogen) atoms. The Hall–Kier alpha value is -3.27. The summed E-state index contributed by atoms with van der Waals surface area (Å²) in [6.07, 6.45) is 0.447. The molecule has 2 N–H and O–H groups in total. The molecule has 2 rings (SSSR count). The maximum Gasteiger partial charge on any atom is 0.287 e. The number of nitriles is 1. The third kappa shape index (κ3) is 5.35. The van der Waals surface area contributed by atoms with E-state index in [1.165, 1.54) is 0 Å². The van der Waals surface area contributed by atoms with Gasteiger partial charge in [-0.15, -0.1) is 0 Å². The van der Waals surface area contributed by atoms with Gasteiger partial charge in [-0.05, 0) is 36.6 Å². The first-order valence-electron chi connectivity index (χ1n) is 8.65. The highest BCUT2D eigenvalue weighted by atomic mass is 16.5. The summed E-state index contributed by atoms with van der Waals surface area (Å²) < 4.78 is 11.0. The van der Waals surface area contributed by atoms with Crippen LogP contribution in [0.5, 0.6) is 5.75 Å². The van der Waals surface area contributed by atoms with Crippen molar-refractivity contribution in [3.8, 4) is 23.1 Å². The summed E-state index contributed by atoms with van der Waals surface area (Å²) in [5.41, 5.74) is 0.726. The van der Waals surface area contributed by atoms with Crippen molar-refractivity contribution in [1.82, 2.24) is 10.6 Å². The normalized spacial score (nSPS) is 11.5. The molecule has 0 aliphatic heterocycles. The van der Waals surface area contributed by atoms with Crippen molar-refractivity contribution in [1.29, 1.82) is 5.26 Å². The van der Waals surface area contributed by atoms with Crippen LogP contribution in [0.3, 0.4) is 0 Å². The molecule has 0 aliphatic rings. The van der Waals surface area contributed by atoms with Crippen molar-refractivity contribution in [2.45, 2.75) is 26.3 Å². The van der Waals surface area contributed by atoms with Gasteiger partial charge in [0.2, 0.25) is 5.91 Å². The van der Waals surface area contributed by atoms with E-state index in [1.807, 2.05) is 38.1 Å². The molecule has 0 spiro atoms. The molecule has 0 bridgehead atoms. The zero-order valence-corrected chi connectivity index (χ0v) is 15.6. The molecule has 7 heteroatoms. The lowest BCUT2D eigenvalue weighted by Crippen LogP contribution is -2.47. The number of para-hydroxylation sites is 1. The molecular formula is C20H23N3O4. The Kier molecular flexibility index (Phi) is 7.00. The van der Waals surface area contributed by atoms with Gasteiger partial charge in [-0.1, -0.05) is 26.0 Å². The van der Waals surface area contributed by atoms with Gasteiger partial charge in [-0.3, -0.25) is 9.59 Å². The number of ether oxygens (including phenoxy) is 1. The summed E-state index contributed by atoms with van der Waals surface area (Å²) in [5.74, 6) is 0.518. The fraction of sp³-hybridized carbons (Fsp3) is 0.350. The average Bonchev–Trinajstić information content (AvgIpc) is 3.15. The van der Waals surface area contributed by atoms with E-state index in [1.54, 1.807) is 25.3 Å². The van der Waals surface area contributed by atoms with Crippen molar-refractivity contribution in [3.63, 3.8) is 0 Å². The number of rotatable bonds is 8. The highest BCUT2D eigenvalue weighted by molar-refractivity contribution is 5.96. The second-order valence-electron chi connectivity index (χ2n) is 6.40. The molecule has 1 atom stereocenters. The SMILES string of the molecule is COc1ccccc1-c1ccc(C(=O)N[C@@H](CC(C)C)C(=O)NCC#N)o1. The molecular weight excluding hydrogens is 346 g/mol. The molecule has 0 radical (unpaired) electrons. The first-order valence-corrected chi connectivity index (χ1v) is 8.65. The average molecular weight is 369 g/mol. The Balaban J connectivity index is 2.15. The summed E-state index contributed by atoms with van der Waals surface area (Å²) >= 11 is 0. The van der Waals surface area contributed by atoms with Crippen molar-refractivity contribution < 1.29 is 18.7 Å². The van der Waals surface area contributed by atoms with E-state index in [0.717, 1.165) is 5.56 Å². The summed E-state index contributed by atoms with van der Waals surface area (Å²) in [4.78, 5) is 24.7. The molecule has 7 nitrogen and oxygen atoms in total. The van der Waals surface area contributed by atoms with E-state index >= 15 is 0 Å². The van der Waals surface area contributed by atoms with Crippen LogP contribution in [0.15, 0.2) is 40.8 Å². The minimum atomic E-state index is -0.745. The first-order chi connectivity index (χ1) is 13.0. The van der Waals surface area contributed by atoms with E-state index in [-0.39, 0.29) is 18.2 Å². The van der Waals surface area contributed by atoms with Crippen LogP contribution in [0.25, 0.3) is 11.3 Å². The van der Waals surface area contributed by atoms with Gasteiger partial charge in [0, 0.05) is 0 Å². The number of nitrogens with one attached hydrogen (secondary N) is 2. The minimum Gasteiger partial charge on any atom is -0.496 e. The zero-order valence-electron chi connectivity index (χ0n) is 15.6. The molecule has 1 aromatic heterocycles. The third-order valence-electron chi connectivity index (χ3n) is 3.87. The molecule has 0 saturated heterocycles. The quantitative estimate of drug-likeness (QED) is 0.696. The summed E-state index contributed by atoms with van der Waals surface area (Å²) in [6.45, 7) is 3.79. The number of carbonyl (C=O) groups is 2. The number of hydrogen-bond donors (Lipinski definition) is 2. The second kappa shape index (κ2) is 9.43. The third-order valence-corrected chi connectivity index (χ3v) is 3.87. The number of carbonyl (C=O) groups excluding carboxylic acids is 2. The summed E-state index contributed by atoms with van der Waals surface area (Å²) in [6, 6.07) is 11.7. The Bertz CT molecular complexity index is 836. The van der Waals surface area contributed by atoms with Crippen molar-refractivity contribution in [2.24, 2.45) is 5.92 Å². The smallest absolute Gasteiger partial charge is 0.287 e. The second-order valence-corrected chi connectivity index (χ2v) is 6.40. The molecule has 0 unspecified atom stereocenters. The van der Waals surface area contributed by atoms with Crippen molar-refractivity contribution >= 4 is 11.8 Å². The van der Waals surface area contributed by atoms with Crippen LogP contribution in [0.4, 0.5) is 0 Å². The van der Waals surface area contributed by atoms with Gasteiger partial charge in [-0.25, -0.2) is 0 Å². The van der Waals surface area contributed by atoms with Crippen LogP contribution in [0, 0.1) is 17.2 Å². The van der Waals surface area contributed by atoms with Crippen LogP contribution < -0.4 is 15.4 Å². The van der Waals surface area contributed by atoms with Gasteiger partial charge < -0.3 is 19.8 Å². The molecule has 2 aromatic rings.